The van der Waals surface area contributed by atoms with Crippen LogP contribution >= 0.6 is 0 Å². The summed E-state index contributed by atoms with van der Waals surface area (Å²) in [7, 11) is 1.67. The lowest BCUT2D eigenvalue weighted by Crippen LogP contribution is -2.42. The number of rotatable bonds is 1. The lowest BCUT2D eigenvalue weighted by Gasteiger charge is -2.47. The largest absolute Gasteiger partial charge is 0.508 e. The second-order valence-corrected chi connectivity index (χ2v) is 7.19. The zero-order valence-corrected chi connectivity index (χ0v) is 12.4. The Bertz CT molecular complexity index is 518. The van der Waals surface area contributed by atoms with Gasteiger partial charge in [0.25, 0.3) is 0 Å². The van der Waals surface area contributed by atoms with E-state index in [1.54, 1.807) is 13.2 Å². The van der Waals surface area contributed by atoms with Crippen molar-refractivity contribution in [3.05, 3.63) is 23.3 Å². The molecule has 2 unspecified atom stereocenters. The predicted molar refractivity (Wildman–Crippen MR) is 76.8 cm³/mol. The minimum absolute atomic E-state index is 0.198. The number of hydrogen-bond donors (Lipinski definition) is 1. The van der Waals surface area contributed by atoms with Crippen molar-refractivity contribution in [3.8, 4) is 11.5 Å². The monoisotopic (exact) mass is 260 g/mol. The van der Waals surface area contributed by atoms with E-state index in [-0.39, 0.29) is 5.41 Å². The van der Waals surface area contributed by atoms with Gasteiger partial charge in [-0.1, -0.05) is 27.2 Å². The van der Waals surface area contributed by atoms with Crippen LogP contribution in [0.4, 0.5) is 0 Å². The summed E-state index contributed by atoms with van der Waals surface area (Å²) in [6.07, 6.45) is 4.80. The second-order valence-electron chi connectivity index (χ2n) is 7.19. The second kappa shape index (κ2) is 3.91. The number of ether oxygens (including phenoxy) is 1. The van der Waals surface area contributed by atoms with Gasteiger partial charge in [0.15, 0.2) is 0 Å². The zero-order chi connectivity index (χ0) is 13.8. The van der Waals surface area contributed by atoms with Crippen LogP contribution < -0.4 is 4.74 Å². The average Bonchev–Trinajstić information content (AvgIpc) is 2.64. The van der Waals surface area contributed by atoms with E-state index in [9.17, 15) is 5.11 Å². The molecule has 104 valence electrons. The Labute approximate surface area is 115 Å². The molecule has 0 amide bonds. The minimum atomic E-state index is 0.198. The molecule has 0 saturated heterocycles. The van der Waals surface area contributed by atoms with E-state index < -0.39 is 0 Å². The van der Waals surface area contributed by atoms with Crippen molar-refractivity contribution in [1.82, 2.24) is 0 Å². The molecule has 0 heterocycles. The number of aromatic hydroxyl groups is 1. The highest BCUT2D eigenvalue weighted by Gasteiger charge is 2.52. The Hall–Kier alpha value is -1.18. The van der Waals surface area contributed by atoms with Gasteiger partial charge in [-0.25, -0.2) is 0 Å². The number of phenols is 1. The first-order chi connectivity index (χ1) is 8.88. The molecular formula is C17H24O2. The van der Waals surface area contributed by atoms with Crippen LogP contribution in [0.2, 0.25) is 0 Å². The molecule has 1 aromatic carbocycles. The maximum absolute atomic E-state index is 10.3. The summed E-state index contributed by atoms with van der Waals surface area (Å²) in [4.78, 5) is 0. The minimum Gasteiger partial charge on any atom is -0.508 e. The van der Waals surface area contributed by atoms with Gasteiger partial charge in [-0.3, -0.25) is 0 Å². The fourth-order valence-corrected chi connectivity index (χ4v) is 4.62. The number of fused-ring (bicyclic) bond motifs is 3. The first-order valence-corrected chi connectivity index (χ1v) is 7.29. The molecule has 0 spiro atoms. The van der Waals surface area contributed by atoms with Crippen molar-refractivity contribution >= 4 is 0 Å². The molecule has 3 rings (SSSR count). The smallest absolute Gasteiger partial charge is 0.122 e. The normalized spacial score (nSPS) is 31.7. The van der Waals surface area contributed by atoms with E-state index in [1.165, 1.54) is 24.8 Å². The van der Waals surface area contributed by atoms with Crippen LogP contribution in [0.5, 0.6) is 11.5 Å². The molecule has 1 N–H and O–H groups in total. The predicted octanol–water partition coefficient (Wildman–Crippen LogP) is 4.04. The van der Waals surface area contributed by atoms with Gasteiger partial charge in [-0.05, 0) is 53.2 Å². The molecule has 19 heavy (non-hydrogen) atoms. The van der Waals surface area contributed by atoms with Crippen LogP contribution in [0.25, 0.3) is 0 Å². The van der Waals surface area contributed by atoms with Gasteiger partial charge >= 0.3 is 0 Å². The van der Waals surface area contributed by atoms with Gasteiger partial charge in [0.1, 0.15) is 11.5 Å². The summed E-state index contributed by atoms with van der Waals surface area (Å²) >= 11 is 0. The summed E-state index contributed by atoms with van der Waals surface area (Å²) in [5.41, 5.74) is 3.03. The summed E-state index contributed by atoms with van der Waals surface area (Å²) < 4.78 is 5.34. The Balaban J connectivity index is 2.16. The summed E-state index contributed by atoms with van der Waals surface area (Å²) in [5.74, 6) is 1.82. The van der Waals surface area contributed by atoms with Gasteiger partial charge in [-0.15, -0.1) is 0 Å². The van der Waals surface area contributed by atoms with E-state index >= 15 is 0 Å². The van der Waals surface area contributed by atoms with Crippen molar-refractivity contribution in [2.24, 2.45) is 11.3 Å². The van der Waals surface area contributed by atoms with E-state index in [2.05, 4.69) is 26.8 Å². The lowest BCUT2D eigenvalue weighted by molar-refractivity contribution is 0.0701. The maximum Gasteiger partial charge on any atom is 0.122 e. The molecule has 0 aliphatic heterocycles. The Morgan fingerprint density at radius 1 is 1.21 bits per heavy atom. The third-order valence-electron chi connectivity index (χ3n) is 5.69. The summed E-state index contributed by atoms with van der Waals surface area (Å²) in [6, 6.07) is 3.91. The molecule has 0 bridgehead atoms. The zero-order valence-electron chi connectivity index (χ0n) is 12.4. The average molecular weight is 260 g/mol. The SMILES string of the molecule is COc1cc(O)c2c(c1)C1(C)CCCC(C)(C)C1C2. The van der Waals surface area contributed by atoms with Gasteiger partial charge in [-0.2, -0.15) is 0 Å². The third-order valence-corrected chi connectivity index (χ3v) is 5.69. The number of hydrogen-bond acceptors (Lipinski definition) is 2. The first-order valence-electron chi connectivity index (χ1n) is 7.29. The molecular weight excluding hydrogens is 236 g/mol. The highest BCUT2D eigenvalue weighted by molar-refractivity contribution is 5.53. The van der Waals surface area contributed by atoms with Crippen LogP contribution in [0.1, 0.15) is 51.2 Å². The Kier molecular flexibility index (Phi) is 2.64. The molecule has 2 aliphatic rings. The third kappa shape index (κ3) is 1.69. The maximum atomic E-state index is 10.3. The van der Waals surface area contributed by atoms with Crippen molar-refractivity contribution in [3.63, 3.8) is 0 Å². The summed E-state index contributed by atoms with van der Waals surface area (Å²) in [6.45, 7) is 7.15. The van der Waals surface area contributed by atoms with Gasteiger partial charge in [0.2, 0.25) is 0 Å². The van der Waals surface area contributed by atoms with Crippen LogP contribution in [0, 0.1) is 11.3 Å². The van der Waals surface area contributed by atoms with Crippen LogP contribution in [0.15, 0.2) is 12.1 Å². The molecule has 1 fully saturated rings. The summed E-state index contributed by atoms with van der Waals surface area (Å²) in [5, 5.41) is 10.3. The quantitative estimate of drug-likeness (QED) is 0.825. The lowest BCUT2D eigenvalue weighted by atomic mass is 9.57. The van der Waals surface area contributed by atoms with Crippen molar-refractivity contribution in [2.75, 3.05) is 7.11 Å². The van der Waals surface area contributed by atoms with Crippen molar-refractivity contribution in [1.29, 1.82) is 0 Å². The molecule has 0 radical (unpaired) electrons. The Morgan fingerprint density at radius 2 is 1.95 bits per heavy atom. The first kappa shape index (κ1) is 12.8. The molecule has 2 heteroatoms. The number of phenolic OH excluding ortho intramolecular Hbond substituents is 1. The van der Waals surface area contributed by atoms with E-state index in [0.717, 1.165) is 17.7 Å². The van der Waals surface area contributed by atoms with Crippen LogP contribution in [-0.4, -0.2) is 12.2 Å². The highest BCUT2D eigenvalue weighted by atomic mass is 16.5. The molecule has 0 aromatic heterocycles. The fourth-order valence-electron chi connectivity index (χ4n) is 4.62. The number of benzene rings is 1. The molecule has 2 aliphatic carbocycles. The van der Waals surface area contributed by atoms with Crippen molar-refractivity contribution < 1.29 is 9.84 Å². The van der Waals surface area contributed by atoms with E-state index in [1.807, 2.05) is 0 Å². The van der Waals surface area contributed by atoms with Gasteiger partial charge in [0.05, 0.1) is 7.11 Å². The van der Waals surface area contributed by atoms with Gasteiger partial charge in [0, 0.05) is 6.07 Å². The van der Waals surface area contributed by atoms with E-state index in [4.69, 9.17) is 4.74 Å². The van der Waals surface area contributed by atoms with Crippen LogP contribution in [-0.2, 0) is 11.8 Å². The molecule has 1 aromatic rings. The molecule has 1 saturated carbocycles. The highest BCUT2D eigenvalue weighted by Crippen LogP contribution is 2.59. The topological polar surface area (TPSA) is 29.5 Å². The standard InChI is InChI=1S/C17H24O2/c1-16(2)6-5-7-17(3)13-8-11(19-4)9-14(18)12(13)10-15(16)17/h8-9,15,18H,5-7,10H2,1-4H3. The number of methoxy groups -OCH3 is 1. The van der Waals surface area contributed by atoms with Gasteiger partial charge < -0.3 is 9.84 Å². The van der Waals surface area contributed by atoms with E-state index in [0.29, 0.717) is 17.1 Å². The Morgan fingerprint density at radius 3 is 2.63 bits per heavy atom. The molecule has 2 nitrogen and oxygen atoms in total. The van der Waals surface area contributed by atoms with Crippen molar-refractivity contribution in [2.45, 2.75) is 51.9 Å². The fraction of sp³-hybridized carbons (Fsp3) is 0.647. The molecule has 2 atom stereocenters. The van der Waals surface area contributed by atoms with Crippen LogP contribution in [0.3, 0.4) is 0 Å².